The van der Waals surface area contributed by atoms with E-state index >= 15 is 0 Å². The Labute approximate surface area is 60.5 Å². The molecule has 0 heterocycles. The molecule has 0 radical (unpaired) electrons. The second kappa shape index (κ2) is 3.88. The van der Waals surface area contributed by atoms with Crippen LogP contribution in [0.25, 0.3) is 0 Å². The highest BCUT2D eigenvalue weighted by Crippen LogP contribution is 2.15. The lowest BCUT2D eigenvalue weighted by Crippen LogP contribution is -2.48. The molecule has 62 valence electrons. The van der Waals surface area contributed by atoms with Crippen molar-refractivity contribution in [3.8, 4) is 0 Å². The fourth-order valence-electron chi connectivity index (χ4n) is 0.644. The van der Waals surface area contributed by atoms with E-state index in [2.05, 4.69) is 0 Å². The van der Waals surface area contributed by atoms with Gasteiger partial charge >= 0.3 is 0 Å². The van der Waals surface area contributed by atoms with E-state index in [1.807, 2.05) is 0 Å². The van der Waals surface area contributed by atoms with Crippen LogP contribution in [0.2, 0.25) is 0 Å². The van der Waals surface area contributed by atoms with Gasteiger partial charge < -0.3 is 15.4 Å². The van der Waals surface area contributed by atoms with Crippen molar-refractivity contribution in [2.75, 3.05) is 6.61 Å². The third-order valence-corrected chi connectivity index (χ3v) is 1.64. The molecule has 0 bridgehead atoms. The minimum Gasteiger partial charge on any atom is -0.396 e. The first-order valence-electron chi connectivity index (χ1n) is 3.31. The quantitative estimate of drug-likeness (QED) is 0.327. The molecule has 0 fully saturated rings. The van der Waals surface area contributed by atoms with Gasteiger partial charge in [-0.1, -0.05) is 13.8 Å². The monoisotopic (exact) mass is 149 g/mol. The molecular weight excluding hydrogens is 134 g/mol. The highest BCUT2D eigenvalue weighted by Gasteiger charge is 2.28. The summed E-state index contributed by atoms with van der Waals surface area (Å²) in [5.41, 5.74) is 0.422. The Morgan fingerprint density at radius 3 is 2.10 bits per heavy atom. The number of aliphatic hydroxyl groups is 2. The number of hydrogen-bond acceptors (Lipinski definition) is 4. The normalized spacial score (nSPS) is 17.4. The Balaban J connectivity index is 3.94. The van der Waals surface area contributed by atoms with Gasteiger partial charge in [0.05, 0.1) is 0 Å². The van der Waals surface area contributed by atoms with Crippen molar-refractivity contribution in [1.82, 2.24) is 5.48 Å². The molecule has 0 spiro atoms. The molecule has 0 aromatic rings. The zero-order chi connectivity index (χ0) is 8.20. The van der Waals surface area contributed by atoms with Gasteiger partial charge in [-0.3, -0.25) is 0 Å². The lowest BCUT2D eigenvalue weighted by Gasteiger charge is -2.29. The zero-order valence-electron chi connectivity index (χ0n) is 6.33. The van der Waals surface area contributed by atoms with Gasteiger partial charge in [0, 0.05) is 13.0 Å². The van der Waals surface area contributed by atoms with Crippen LogP contribution in [0.5, 0.6) is 0 Å². The molecule has 4 heteroatoms. The second-order valence-electron chi connectivity index (χ2n) is 2.66. The van der Waals surface area contributed by atoms with Crippen LogP contribution in [0.1, 0.15) is 20.3 Å². The van der Waals surface area contributed by atoms with Crippen molar-refractivity contribution in [1.29, 1.82) is 0 Å². The van der Waals surface area contributed by atoms with Crippen LogP contribution >= 0.6 is 0 Å². The number of rotatable bonds is 4. The largest absolute Gasteiger partial charge is 0.396 e. The minimum absolute atomic E-state index is 0.126. The lowest BCUT2D eigenvalue weighted by molar-refractivity contribution is -0.133. The molecule has 4 nitrogen and oxygen atoms in total. The van der Waals surface area contributed by atoms with E-state index in [0.29, 0.717) is 0 Å². The number of nitrogens with one attached hydrogen (secondary N) is 1. The van der Waals surface area contributed by atoms with Gasteiger partial charge in [0.1, 0.15) is 5.72 Å². The van der Waals surface area contributed by atoms with Gasteiger partial charge in [0.15, 0.2) is 0 Å². The van der Waals surface area contributed by atoms with E-state index < -0.39 is 5.72 Å². The Bertz CT molecular complexity index is 97.0. The van der Waals surface area contributed by atoms with E-state index in [0.717, 1.165) is 0 Å². The van der Waals surface area contributed by atoms with Crippen molar-refractivity contribution >= 4 is 0 Å². The van der Waals surface area contributed by atoms with Crippen LogP contribution in [0.15, 0.2) is 0 Å². The van der Waals surface area contributed by atoms with Gasteiger partial charge in [-0.15, -0.1) is 0 Å². The molecule has 10 heavy (non-hydrogen) atoms. The molecule has 0 saturated carbocycles. The average Bonchev–Trinajstić information content (AvgIpc) is 1.88. The van der Waals surface area contributed by atoms with Crippen molar-refractivity contribution in [2.24, 2.45) is 5.92 Å². The van der Waals surface area contributed by atoms with Gasteiger partial charge in [-0.25, -0.2) is 0 Å². The fourth-order valence-corrected chi connectivity index (χ4v) is 0.644. The van der Waals surface area contributed by atoms with E-state index in [-0.39, 0.29) is 18.9 Å². The second-order valence-corrected chi connectivity index (χ2v) is 2.66. The van der Waals surface area contributed by atoms with Gasteiger partial charge in [0.25, 0.3) is 0 Å². The molecule has 4 N–H and O–H groups in total. The highest BCUT2D eigenvalue weighted by molar-refractivity contribution is 4.74. The van der Waals surface area contributed by atoms with Gasteiger partial charge in [-0.2, -0.15) is 5.48 Å². The Morgan fingerprint density at radius 2 is 2.00 bits per heavy atom. The average molecular weight is 149 g/mol. The molecule has 1 atom stereocenters. The molecule has 0 aliphatic heterocycles. The maximum atomic E-state index is 9.38. The van der Waals surface area contributed by atoms with Gasteiger partial charge in [-0.05, 0) is 5.92 Å². The number of hydrogen-bond donors (Lipinski definition) is 4. The van der Waals surface area contributed by atoms with E-state index in [9.17, 15) is 5.11 Å². The molecule has 1 unspecified atom stereocenters. The van der Waals surface area contributed by atoms with E-state index in [1.54, 1.807) is 19.3 Å². The van der Waals surface area contributed by atoms with Crippen LogP contribution in [-0.2, 0) is 0 Å². The summed E-state index contributed by atoms with van der Waals surface area (Å²) in [7, 11) is 0. The number of aliphatic hydroxyl groups excluding tert-OH is 1. The molecular formula is C6H15NO3. The standard InChI is InChI=1S/C6H15NO3/c1-5(2)6(9,7-10)3-4-8/h5,7-10H,3-4H2,1-2H3. The van der Waals surface area contributed by atoms with Crippen molar-refractivity contribution in [3.05, 3.63) is 0 Å². The molecule has 0 saturated heterocycles. The third-order valence-electron chi connectivity index (χ3n) is 1.64. The van der Waals surface area contributed by atoms with Crippen molar-refractivity contribution in [3.63, 3.8) is 0 Å². The van der Waals surface area contributed by atoms with Crippen LogP contribution < -0.4 is 5.48 Å². The molecule has 0 aliphatic rings. The third kappa shape index (κ3) is 2.22. The first kappa shape index (κ1) is 9.84. The summed E-state index contributed by atoms with van der Waals surface area (Å²) in [6, 6.07) is 0. The summed E-state index contributed by atoms with van der Waals surface area (Å²) < 4.78 is 0. The molecule has 0 aromatic carbocycles. The maximum Gasteiger partial charge on any atom is 0.142 e. The van der Waals surface area contributed by atoms with Crippen LogP contribution in [-0.4, -0.2) is 27.8 Å². The summed E-state index contributed by atoms with van der Waals surface area (Å²) >= 11 is 0. The summed E-state index contributed by atoms with van der Waals surface area (Å²) in [5.74, 6) is -0.135. The summed E-state index contributed by atoms with van der Waals surface area (Å²) in [5, 5.41) is 26.3. The SMILES string of the molecule is CC(C)C(O)(CCO)NO. The number of hydroxylamine groups is 1. The molecule has 0 aliphatic carbocycles. The summed E-state index contributed by atoms with van der Waals surface area (Å²) in [4.78, 5) is 0. The molecule has 0 rings (SSSR count). The van der Waals surface area contributed by atoms with Crippen molar-refractivity contribution in [2.45, 2.75) is 26.0 Å². The molecule has 0 amide bonds. The Morgan fingerprint density at radius 1 is 1.50 bits per heavy atom. The first-order chi connectivity index (χ1) is 4.56. The van der Waals surface area contributed by atoms with E-state index in [4.69, 9.17) is 10.3 Å². The predicted molar refractivity (Wildman–Crippen MR) is 36.4 cm³/mol. The summed E-state index contributed by atoms with van der Waals surface area (Å²) in [6.45, 7) is 3.35. The highest BCUT2D eigenvalue weighted by atomic mass is 16.5. The van der Waals surface area contributed by atoms with Crippen LogP contribution in [0, 0.1) is 5.92 Å². The minimum atomic E-state index is -1.35. The van der Waals surface area contributed by atoms with E-state index in [1.165, 1.54) is 0 Å². The van der Waals surface area contributed by atoms with Gasteiger partial charge in [0.2, 0.25) is 0 Å². The fraction of sp³-hybridized carbons (Fsp3) is 1.00. The zero-order valence-corrected chi connectivity index (χ0v) is 6.33. The topological polar surface area (TPSA) is 72.7 Å². The smallest absolute Gasteiger partial charge is 0.142 e. The maximum absolute atomic E-state index is 9.38. The van der Waals surface area contributed by atoms with Crippen molar-refractivity contribution < 1.29 is 15.4 Å². The Hall–Kier alpha value is -0.160. The predicted octanol–water partition coefficient (Wildman–Crippen LogP) is -0.308. The lowest BCUT2D eigenvalue weighted by atomic mass is 9.97. The Kier molecular flexibility index (Phi) is 3.81. The summed E-state index contributed by atoms with van der Waals surface area (Å²) in [6.07, 6.45) is 0.126. The first-order valence-corrected chi connectivity index (χ1v) is 3.31. The molecule has 0 aromatic heterocycles. The van der Waals surface area contributed by atoms with Crippen LogP contribution in [0.3, 0.4) is 0 Å². The van der Waals surface area contributed by atoms with Crippen LogP contribution in [0.4, 0.5) is 0 Å².